The fourth-order valence-corrected chi connectivity index (χ4v) is 2.13. The molecule has 0 saturated heterocycles. The van der Waals surface area contributed by atoms with Gasteiger partial charge in [0.2, 0.25) is 5.76 Å². The normalized spacial score (nSPS) is 10.4. The van der Waals surface area contributed by atoms with Crippen molar-refractivity contribution in [1.82, 2.24) is 10.5 Å². The maximum atomic E-state index is 11.9. The van der Waals surface area contributed by atoms with Crippen LogP contribution in [0.15, 0.2) is 28.8 Å². The van der Waals surface area contributed by atoms with Crippen molar-refractivity contribution in [1.29, 1.82) is 0 Å². The van der Waals surface area contributed by atoms with E-state index in [2.05, 4.69) is 10.5 Å². The van der Waals surface area contributed by atoms with Crippen LogP contribution in [-0.2, 0) is 6.42 Å². The van der Waals surface area contributed by atoms with Crippen LogP contribution in [-0.4, -0.2) is 30.8 Å². The molecule has 23 heavy (non-hydrogen) atoms. The van der Waals surface area contributed by atoms with Gasteiger partial charge in [0.15, 0.2) is 11.5 Å². The van der Waals surface area contributed by atoms with Crippen molar-refractivity contribution in [2.45, 2.75) is 27.2 Å². The Morgan fingerprint density at radius 1 is 1.17 bits per heavy atom. The van der Waals surface area contributed by atoms with Crippen LogP contribution in [0.4, 0.5) is 0 Å². The van der Waals surface area contributed by atoms with E-state index in [-0.39, 0.29) is 11.7 Å². The quantitative estimate of drug-likeness (QED) is 0.810. The van der Waals surface area contributed by atoms with Crippen LogP contribution in [0.1, 0.15) is 35.7 Å². The van der Waals surface area contributed by atoms with Gasteiger partial charge in [0, 0.05) is 12.6 Å². The first-order valence-corrected chi connectivity index (χ1v) is 7.74. The van der Waals surface area contributed by atoms with Gasteiger partial charge in [-0.1, -0.05) is 11.2 Å². The predicted octanol–water partition coefficient (Wildman–Crippen LogP) is 2.75. The van der Waals surface area contributed by atoms with E-state index in [9.17, 15) is 4.79 Å². The van der Waals surface area contributed by atoms with E-state index in [1.54, 1.807) is 13.0 Å². The number of carbonyl (C=O) groups excluding carboxylic acids is 1. The Balaban J connectivity index is 1.92. The van der Waals surface area contributed by atoms with Gasteiger partial charge in [0.25, 0.3) is 5.91 Å². The average Bonchev–Trinajstić information content (AvgIpc) is 2.97. The number of nitrogens with one attached hydrogen (secondary N) is 1. The van der Waals surface area contributed by atoms with Crippen LogP contribution in [0.25, 0.3) is 0 Å². The molecule has 1 aromatic heterocycles. The Morgan fingerprint density at radius 2 is 1.91 bits per heavy atom. The minimum absolute atomic E-state index is 0.226. The van der Waals surface area contributed by atoms with E-state index >= 15 is 0 Å². The molecule has 0 fully saturated rings. The largest absolute Gasteiger partial charge is 0.490 e. The molecule has 0 saturated carbocycles. The van der Waals surface area contributed by atoms with E-state index in [4.69, 9.17) is 14.0 Å². The summed E-state index contributed by atoms with van der Waals surface area (Å²) in [6, 6.07) is 7.42. The standard InChI is InChI=1S/C17H22N2O4/c1-4-21-14-7-6-13(11-15(14)22-5-2)8-9-18-17(20)16-10-12(3)19-23-16/h6-7,10-11H,4-5,8-9H2,1-3H3,(H,18,20). The Labute approximate surface area is 135 Å². The van der Waals surface area contributed by atoms with Crippen molar-refractivity contribution in [3.8, 4) is 11.5 Å². The lowest BCUT2D eigenvalue weighted by atomic mass is 10.1. The van der Waals surface area contributed by atoms with Crippen LogP contribution in [0, 0.1) is 6.92 Å². The third-order valence-electron chi connectivity index (χ3n) is 3.16. The Morgan fingerprint density at radius 3 is 2.57 bits per heavy atom. The summed E-state index contributed by atoms with van der Waals surface area (Å²) in [5, 5.41) is 6.50. The van der Waals surface area contributed by atoms with Crippen LogP contribution < -0.4 is 14.8 Å². The maximum absolute atomic E-state index is 11.9. The maximum Gasteiger partial charge on any atom is 0.289 e. The van der Waals surface area contributed by atoms with Gasteiger partial charge < -0.3 is 19.3 Å². The highest BCUT2D eigenvalue weighted by Gasteiger charge is 2.11. The summed E-state index contributed by atoms with van der Waals surface area (Å²) in [7, 11) is 0. The van der Waals surface area contributed by atoms with Crippen LogP contribution in [0.3, 0.4) is 0 Å². The van der Waals surface area contributed by atoms with Gasteiger partial charge in [0.1, 0.15) is 0 Å². The predicted molar refractivity (Wildman–Crippen MR) is 86.1 cm³/mol. The van der Waals surface area contributed by atoms with Crippen molar-refractivity contribution in [2.24, 2.45) is 0 Å². The number of amides is 1. The number of aryl methyl sites for hydroxylation is 1. The second kappa shape index (κ2) is 8.22. The third-order valence-corrected chi connectivity index (χ3v) is 3.16. The van der Waals surface area contributed by atoms with Gasteiger partial charge >= 0.3 is 0 Å². The number of hydrogen-bond acceptors (Lipinski definition) is 5. The lowest BCUT2D eigenvalue weighted by molar-refractivity contribution is 0.0917. The Hall–Kier alpha value is -2.50. The molecule has 0 radical (unpaired) electrons. The van der Waals surface area contributed by atoms with Crippen LogP contribution in [0.5, 0.6) is 11.5 Å². The molecule has 2 aromatic rings. The molecule has 1 amide bonds. The summed E-state index contributed by atoms with van der Waals surface area (Å²) >= 11 is 0. The highest BCUT2D eigenvalue weighted by Crippen LogP contribution is 2.28. The lowest BCUT2D eigenvalue weighted by Gasteiger charge is -2.12. The molecule has 1 heterocycles. The second-order valence-corrected chi connectivity index (χ2v) is 4.99. The first kappa shape index (κ1) is 16.9. The summed E-state index contributed by atoms with van der Waals surface area (Å²) in [6.45, 7) is 7.30. The second-order valence-electron chi connectivity index (χ2n) is 4.99. The molecule has 124 valence electrons. The van der Waals surface area contributed by atoms with E-state index in [0.717, 1.165) is 17.1 Å². The summed E-state index contributed by atoms with van der Waals surface area (Å²) in [6.07, 6.45) is 0.686. The zero-order valence-electron chi connectivity index (χ0n) is 13.7. The average molecular weight is 318 g/mol. The molecule has 0 atom stereocenters. The van der Waals surface area contributed by atoms with E-state index in [1.165, 1.54) is 0 Å². The first-order valence-electron chi connectivity index (χ1n) is 7.74. The van der Waals surface area contributed by atoms with Gasteiger partial charge in [-0.05, 0) is 44.9 Å². The number of benzene rings is 1. The Bertz CT molecular complexity index is 652. The number of rotatable bonds is 8. The topological polar surface area (TPSA) is 73.6 Å². The highest BCUT2D eigenvalue weighted by molar-refractivity contribution is 5.91. The SMILES string of the molecule is CCOc1ccc(CCNC(=O)c2cc(C)no2)cc1OCC. The molecule has 0 spiro atoms. The van der Waals surface area contributed by atoms with E-state index in [0.29, 0.717) is 31.9 Å². The van der Waals surface area contributed by atoms with Crippen molar-refractivity contribution in [3.05, 3.63) is 41.3 Å². The zero-order chi connectivity index (χ0) is 16.7. The first-order chi connectivity index (χ1) is 11.1. The van der Waals surface area contributed by atoms with Crippen molar-refractivity contribution in [2.75, 3.05) is 19.8 Å². The summed E-state index contributed by atoms with van der Waals surface area (Å²) in [5.74, 6) is 1.43. The zero-order valence-corrected chi connectivity index (χ0v) is 13.7. The number of carbonyl (C=O) groups is 1. The number of ether oxygens (including phenoxy) is 2. The van der Waals surface area contributed by atoms with Crippen molar-refractivity contribution < 1.29 is 18.8 Å². The molecule has 1 aromatic carbocycles. The van der Waals surface area contributed by atoms with Crippen molar-refractivity contribution in [3.63, 3.8) is 0 Å². The number of nitrogens with zero attached hydrogens (tertiary/aromatic N) is 1. The molecule has 0 aliphatic rings. The molecule has 0 unspecified atom stereocenters. The molecule has 6 heteroatoms. The van der Waals surface area contributed by atoms with Gasteiger partial charge in [-0.25, -0.2) is 0 Å². The number of hydrogen-bond donors (Lipinski definition) is 1. The summed E-state index contributed by atoms with van der Waals surface area (Å²) in [5.41, 5.74) is 1.74. The molecular formula is C17H22N2O4. The summed E-state index contributed by atoms with van der Waals surface area (Å²) in [4.78, 5) is 11.9. The highest BCUT2D eigenvalue weighted by atomic mass is 16.5. The van der Waals surface area contributed by atoms with Gasteiger partial charge in [-0.15, -0.1) is 0 Å². The van der Waals surface area contributed by atoms with Gasteiger partial charge in [0.05, 0.1) is 18.9 Å². The molecule has 0 bridgehead atoms. The molecule has 0 aliphatic carbocycles. The molecule has 6 nitrogen and oxygen atoms in total. The Kier molecular flexibility index (Phi) is 6.02. The third kappa shape index (κ3) is 4.74. The fourth-order valence-electron chi connectivity index (χ4n) is 2.13. The van der Waals surface area contributed by atoms with Crippen LogP contribution in [0.2, 0.25) is 0 Å². The molecule has 2 rings (SSSR count). The smallest absolute Gasteiger partial charge is 0.289 e. The summed E-state index contributed by atoms with van der Waals surface area (Å²) < 4.78 is 16.1. The lowest BCUT2D eigenvalue weighted by Crippen LogP contribution is -2.25. The molecule has 0 aliphatic heterocycles. The monoisotopic (exact) mass is 318 g/mol. The molecular weight excluding hydrogens is 296 g/mol. The fraction of sp³-hybridized carbons (Fsp3) is 0.412. The van der Waals surface area contributed by atoms with Gasteiger partial charge in [-0.2, -0.15) is 0 Å². The minimum atomic E-state index is -0.262. The van der Waals surface area contributed by atoms with E-state index < -0.39 is 0 Å². The van der Waals surface area contributed by atoms with Gasteiger partial charge in [-0.3, -0.25) is 4.79 Å². The van der Waals surface area contributed by atoms with Crippen molar-refractivity contribution >= 4 is 5.91 Å². The minimum Gasteiger partial charge on any atom is -0.490 e. The number of aromatic nitrogens is 1. The van der Waals surface area contributed by atoms with Crippen LogP contribution >= 0.6 is 0 Å². The molecule has 1 N–H and O–H groups in total. The van der Waals surface area contributed by atoms with E-state index in [1.807, 2.05) is 32.0 Å².